The molecule has 0 bridgehead atoms. The molecule has 29 heavy (non-hydrogen) atoms. The first kappa shape index (κ1) is 24.6. The first-order chi connectivity index (χ1) is 13.5. The SMILES string of the molecule is O=C(COc1ccc(Cl)cc1Cl)NC(NC(=S)Nc1ccc(Br)cc1)C(Cl)(Cl)Cl. The third kappa shape index (κ3) is 8.53. The average molecular weight is 581 g/mol. The zero-order valence-electron chi connectivity index (χ0n) is 14.3. The van der Waals surface area contributed by atoms with Crippen molar-refractivity contribution in [3.63, 3.8) is 0 Å². The molecule has 5 nitrogen and oxygen atoms in total. The van der Waals surface area contributed by atoms with Crippen LogP contribution in [0.25, 0.3) is 0 Å². The van der Waals surface area contributed by atoms with E-state index in [1.54, 1.807) is 24.3 Å². The number of carbonyl (C=O) groups excluding carboxylic acids is 1. The van der Waals surface area contributed by atoms with Gasteiger partial charge in [0.25, 0.3) is 5.91 Å². The molecule has 2 aromatic rings. The summed E-state index contributed by atoms with van der Waals surface area (Å²) >= 11 is 38.2. The van der Waals surface area contributed by atoms with Crippen molar-refractivity contribution in [1.82, 2.24) is 10.6 Å². The number of alkyl halides is 3. The van der Waals surface area contributed by atoms with Gasteiger partial charge >= 0.3 is 0 Å². The number of halogens is 6. The van der Waals surface area contributed by atoms with Gasteiger partial charge in [-0.05, 0) is 54.7 Å². The molecule has 0 heterocycles. The highest BCUT2D eigenvalue weighted by molar-refractivity contribution is 9.10. The van der Waals surface area contributed by atoms with Gasteiger partial charge in [0, 0.05) is 15.2 Å². The number of hydrogen-bond acceptors (Lipinski definition) is 3. The van der Waals surface area contributed by atoms with Gasteiger partial charge in [0.15, 0.2) is 11.7 Å². The van der Waals surface area contributed by atoms with Crippen molar-refractivity contribution in [2.75, 3.05) is 11.9 Å². The molecule has 2 rings (SSSR count). The summed E-state index contributed by atoms with van der Waals surface area (Å²) in [5.74, 6) is -0.275. The Kier molecular flexibility index (Phi) is 9.41. The number of benzene rings is 2. The van der Waals surface area contributed by atoms with Crippen molar-refractivity contribution in [2.45, 2.75) is 9.96 Å². The molecule has 0 fully saturated rings. The van der Waals surface area contributed by atoms with Gasteiger partial charge in [-0.15, -0.1) is 0 Å². The van der Waals surface area contributed by atoms with Crippen molar-refractivity contribution < 1.29 is 9.53 Å². The Balaban J connectivity index is 1.94. The van der Waals surface area contributed by atoms with Crippen LogP contribution in [0.3, 0.4) is 0 Å². The van der Waals surface area contributed by atoms with E-state index in [0.717, 1.165) is 4.47 Å². The van der Waals surface area contributed by atoms with E-state index in [4.69, 9.17) is 75.0 Å². The van der Waals surface area contributed by atoms with E-state index in [-0.39, 0.29) is 22.5 Å². The molecule has 0 aromatic heterocycles. The number of anilines is 1. The highest BCUT2D eigenvalue weighted by Gasteiger charge is 2.34. The van der Waals surface area contributed by atoms with Gasteiger partial charge in [0.05, 0.1) is 5.02 Å². The van der Waals surface area contributed by atoms with E-state index in [9.17, 15) is 4.79 Å². The van der Waals surface area contributed by atoms with Crippen molar-refractivity contribution >= 4 is 103 Å². The smallest absolute Gasteiger partial charge is 0.259 e. The number of ether oxygens (including phenoxy) is 1. The van der Waals surface area contributed by atoms with Crippen LogP contribution < -0.4 is 20.7 Å². The minimum atomic E-state index is -1.89. The average Bonchev–Trinajstić information content (AvgIpc) is 2.61. The van der Waals surface area contributed by atoms with Gasteiger partial charge in [-0.3, -0.25) is 4.79 Å². The van der Waals surface area contributed by atoms with Gasteiger partial charge < -0.3 is 20.7 Å². The number of nitrogens with one attached hydrogen (secondary N) is 3. The Morgan fingerprint density at radius 3 is 2.34 bits per heavy atom. The van der Waals surface area contributed by atoms with E-state index >= 15 is 0 Å². The Morgan fingerprint density at radius 1 is 1.10 bits per heavy atom. The lowest BCUT2D eigenvalue weighted by Crippen LogP contribution is -2.56. The Hall–Kier alpha value is -0.670. The third-order valence-electron chi connectivity index (χ3n) is 3.26. The molecule has 156 valence electrons. The third-order valence-corrected chi connectivity index (χ3v) is 5.20. The molecular weight excluding hydrogens is 567 g/mol. The summed E-state index contributed by atoms with van der Waals surface area (Å²) in [6.07, 6.45) is -1.13. The second kappa shape index (κ2) is 11.1. The normalized spacial score (nSPS) is 12.1. The number of rotatable bonds is 6. The Labute approximate surface area is 206 Å². The van der Waals surface area contributed by atoms with Crippen LogP contribution in [-0.4, -0.2) is 27.6 Å². The van der Waals surface area contributed by atoms with Crippen molar-refractivity contribution in [1.29, 1.82) is 0 Å². The minimum Gasteiger partial charge on any atom is -0.482 e. The van der Waals surface area contributed by atoms with Gasteiger partial charge in [0.2, 0.25) is 3.79 Å². The molecule has 3 N–H and O–H groups in total. The van der Waals surface area contributed by atoms with Crippen LogP contribution in [0.2, 0.25) is 10.0 Å². The Bertz CT molecular complexity index is 880. The predicted octanol–water partition coefficient (Wildman–Crippen LogP) is 5.93. The summed E-state index contributed by atoms with van der Waals surface area (Å²) in [5, 5.41) is 9.04. The van der Waals surface area contributed by atoms with Gasteiger partial charge in [-0.2, -0.15) is 0 Å². The van der Waals surface area contributed by atoms with E-state index in [1.807, 2.05) is 12.1 Å². The van der Waals surface area contributed by atoms with Gasteiger partial charge in [0.1, 0.15) is 11.9 Å². The maximum Gasteiger partial charge on any atom is 0.259 e. The van der Waals surface area contributed by atoms with Gasteiger partial charge in [-0.25, -0.2) is 0 Å². The van der Waals surface area contributed by atoms with Crippen LogP contribution in [0.1, 0.15) is 0 Å². The van der Waals surface area contributed by atoms with Crippen LogP contribution >= 0.6 is 86.2 Å². The zero-order chi connectivity index (χ0) is 21.6. The van der Waals surface area contributed by atoms with E-state index in [2.05, 4.69) is 31.9 Å². The first-order valence-electron chi connectivity index (χ1n) is 7.81. The summed E-state index contributed by atoms with van der Waals surface area (Å²) in [6, 6.07) is 11.9. The zero-order valence-corrected chi connectivity index (χ0v) is 20.5. The predicted molar refractivity (Wildman–Crippen MR) is 128 cm³/mol. The molecule has 2 aromatic carbocycles. The summed E-state index contributed by atoms with van der Waals surface area (Å²) in [5.41, 5.74) is 0.709. The van der Waals surface area contributed by atoms with E-state index in [0.29, 0.717) is 10.7 Å². The molecule has 0 aliphatic carbocycles. The highest BCUT2D eigenvalue weighted by atomic mass is 79.9. The molecular formula is C17H13BrCl5N3O2S. The standard InChI is InChI=1S/C17H13BrCl5N3O2S/c18-9-1-4-11(5-2-9)24-16(29)26-15(17(21,22)23)25-14(27)8-28-13-6-3-10(19)7-12(13)20/h1-7,15H,8H2,(H,25,27)(H2,24,26,29). The minimum absolute atomic E-state index is 0.144. The summed E-state index contributed by atoms with van der Waals surface area (Å²) in [7, 11) is 0. The van der Waals surface area contributed by atoms with Gasteiger partial charge in [-0.1, -0.05) is 73.9 Å². The number of hydrogen-bond donors (Lipinski definition) is 3. The fraction of sp³-hybridized carbons (Fsp3) is 0.176. The van der Waals surface area contributed by atoms with Crippen LogP contribution in [0, 0.1) is 0 Å². The van der Waals surface area contributed by atoms with Crippen LogP contribution in [-0.2, 0) is 4.79 Å². The molecule has 0 saturated heterocycles. The first-order valence-corrected chi connectivity index (χ1v) is 10.9. The lowest BCUT2D eigenvalue weighted by Gasteiger charge is -2.27. The molecule has 0 spiro atoms. The second-order valence-electron chi connectivity index (χ2n) is 5.51. The van der Waals surface area contributed by atoms with Crippen LogP contribution in [0.5, 0.6) is 5.75 Å². The quantitative estimate of drug-likeness (QED) is 0.225. The molecule has 1 atom stereocenters. The molecule has 0 saturated carbocycles. The van der Waals surface area contributed by atoms with Crippen LogP contribution in [0.4, 0.5) is 5.69 Å². The monoisotopic (exact) mass is 577 g/mol. The lowest BCUT2D eigenvalue weighted by atomic mass is 10.3. The Morgan fingerprint density at radius 2 is 1.76 bits per heavy atom. The topological polar surface area (TPSA) is 62.4 Å². The molecule has 1 unspecified atom stereocenters. The maximum atomic E-state index is 12.2. The lowest BCUT2D eigenvalue weighted by molar-refractivity contribution is -0.123. The van der Waals surface area contributed by atoms with Crippen molar-refractivity contribution in [3.8, 4) is 5.75 Å². The molecule has 0 aliphatic rings. The number of thiocarbonyl (C=S) groups is 1. The van der Waals surface area contributed by atoms with E-state index in [1.165, 1.54) is 6.07 Å². The molecule has 0 radical (unpaired) electrons. The largest absolute Gasteiger partial charge is 0.482 e. The maximum absolute atomic E-state index is 12.2. The molecule has 0 aliphatic heterocycles. The summed E-state index contributed by atoms with van der Waals surface area (Å²) in [4.78, 5) is 12.2. The van der Waals surface area contributed by atoms with Crippen molar-refractivity contribution in [3.05, 3.63) is 57.0 Å². The molecule has 12 heteroatoms. The summed E-state index contributed by atoms with van der Waals surface area (Å²) in [6.45, 7) is -0.368. The fourth-order valence-corrected chi connectivity index (χ4v) is 3.26. The van der Waals surface area contributed by atoms with E-state index < -0.39 is 15.9 Å². The highest BCUT2D eigenvalue weighted by Crippen LogP contribution is 2.30. The second-order valence-corrected chi connectivity index (χ2v) is 10.0. The summed E-state index contributed by atoms with van der Waals surface area (Å²) < 4.78 is 4.39. The number of carbonyl (C=O) groups is 1. The van der Waals surface area contributed by atoms with Crippen LogP contribution in [0.15, 0.2) is 46.9 Å². The fourth-order valence-electron chi connectivity index (χ4n) is 1.97. The molecule has 1 amide bonds. The van der Waals surface area contributed by atoms with Crippen molar-refractivity contribution in [2.24, 2.45) is 0 Å². The number of amides is 1.